The van der Waals surface area contributed by atoms with Gasteiger partial charge in [-0.15, -0.1) is 0 Å². The van der Waals surface area contributed by atoms with Gasteiger partial charge in [0.1, 0.15) is 11.5 Å². The summed E-state index contributed by atoms with van der Waals surface area (Å²) in [5.74, 6) is 1.44. The van der Waals surface area contributed by atoms with Gasteiger partial charge in [0.25, 0.3) is 0 Å². The van der Waals surface area contributed by atoms with E-state index in [2.05, 4.69) is 6.92 Å². The molecule has 1 aromatic carbocycles. The van der Waals surface area contributed by atoms with Crippen LogP contribution in [0.2, 0.25) is 0 Å². The highest BCUT2D eigenvalue weighted by Gasteiger charge is 2.11. The Labute approximate surface area is 111 Å². The fraction of sp³-hybridized carbons (Fsp3) is 0.625. The number of phenolic OH excluding ortho intramolecular Hbond substituents is 2. The van der Waals surface area contributed by atoms with E-state index < -0.39 is 0 Å². The molecule has 0 bridgehead atoms. The van der Waals surface area contributed by atoms with E-state index in [4.69, 9.17) is 10.2 Å². The number of aromatic hydroxyl groups is 2. The predicted octanol–water partition coefficient (Wildman–Crippen LogP) is 4.85. The molecule has 2 rings (SSSR count). The van der Waals surface area contributed by atoms with Crippen LogP contribution in [0.15, 0.2) is 24.3 Å². The van der Waals surface area contributed by atoms with Crippen LogP contribution in [0.3, 0.4) is 0 Å². The molecule has 2 nitrogen and oxygen atoms in total. The van der Waals surface area contributed by atoms with Crippen LogP contribution >= 0.6 is 0 Å². The van der Waals surface area contributed by atoms with E-state index in [1.165, 1.54) is 75.6 Å². The highest BCUT2D eigenvalue weighted by atomic mass is 16.3. The molecular formula is C16H26O2. The summed E-state index contributed by atoms with van der Waals surface area (Å²) in [5.41, 5.74) is 0. The van der Waals surface area contributed by atoms with Crippen LogP contribution < -0.4 is 0 Å². The van der Waals surface area contributed by atoms with Gasteiger partial charge < -0.3 is 10.2 Å². The topological polar surface area (TPSA) is 40.5 Å². The van der Waals surface area contributed by atoms with Crippen LogP contribution in [-0.2, 0) is 0 Å². The summed E-state index contributed by atoms with van der Waals surface area (Å²) < 4.78 is 0. The van der Waals surface area contributed by atoms with Crippen molar-refractivity contribution in [3.63, 3.8) is 0 Å². The van der Waals surface area contributed by atoms with Crippen molar-refractivity contribution >= 4 is 0 Å². The number of rotatable bonds is 3. The van der Waals surface area contributed by atoms with Crippen LogP contribution in [0, 0.1) is 5.92 Å². The number of hydrogen-bond acceptors (Lipinski definition) is 2. The molecule has 0 aromatic heterocycles. The van der Waals surface area contributed by atoms with Crippen molar-refractivity contribution in [2.45, 2.75) is 58.3 Å². The molecule has 0 saturated heterocycles. The first-order valence-electron chi connectivity index (χ1n) is 7.20. The van der Waals surface area contributed by atoms with Crippen LogP contribution in [0.4, 0.5) is 0 Å². The van der Waals surface area contributed by atoms with E-state index in [1.807, 2.05) is 0 Å². The highest BCUT2D eigenvalue weighted by molar-refractivity contribution is 5.28. The third-order valence-electron chi connectivity index (χ3n) is 3.54. The third-order valence-corrected chi connectivity index (χ3v) is 3.54. The van der Waals surface area contributed by atoms with Crippen LogP contribution in [0.1, 0.15) is 58.3 Å². The Kier molecular flexibility index (Phi) is 7.31. The Morgan fingerprint density at radius 3 is 1.89 bits per heavy atom. The molecule has 0 aliphatic heterocycles. The molecule has 1 fully saturated rings. The van der Waals surface area contributed by atoms with Crippen molar-refractivity contribution in [2.24, 2.45) is 5.92 Å². The van der Waals surface area contributed by atoms with Gasteiger partial charge in [-0.1, -0.05) is 58.3 Å². The zero-order valence-corrected chi connectivity index (χ0v) is 11.4. The van der Waals surface area contributed by atoms with E-state index in [0.29, 0.717) is 0 Å². The Bertz CT molecular complexity index is 278. The minimum absolute atomic E-state index is 0.169. The maximum Gasteiger partial charge on any atom is 0.115 e. The van der Waals surface area contributed by atoms with Gasteiger partial charge in [-0.05, 0) is 30.2 Å². The standard InChI is InChI=1S/C10H20.C6H6O2/c1-2-3-7-10-8-5-4-6-9-10;7-5-1-2-6(8)4-3-5/h10H,2-9H2,1H3;1-4,7-8H. The minimum atomic E-state index is 0.169. The molecular weight excluding hydrogens is 224 g/mol. The summed E-state index contributed by atoms with van der Waals surface area (Å²) in [4.78, 5) is 0. The Morgan fingerprint density at radius 2 is 1.44 bits per heavy atom. The number of unbranched alkanes of at least 4 members (excludes halogenated alkanes) is 1. The molecule has 2 heteroatoms. The lowest BCUT2D eigenvalue weighted by Gasteiger charge is -2.20. The second-order valence-corrected chi connectivity index (χ2v) is 5.16. The number of benzene rings is 1. The largest absolute Gasteiger partial charge is 0.508 e. The fourth-order valence-corrected chi connectivity index (χ4v) is 2.42. The van der Waals surface area contributed by atoms with Gasteiger partial charge in [-0.2, -0.15) is 0 Å². The van der Waals surface area contributed by atoms with Gasteiger partial charge in [0.05, 0.1) is 0 Å². The lowest BCUT2D eigenvalue weighted by Crippen LogP contribution is -2.05. The Hall–Kier alpha value is -1.18. The molecule has 1 aromatic rings. The molecule has 0 atom stereocenters. The molecule has 1 aliphatic rings. The SMILES string of the molecule is CCCCC1CCCCC1.Oc1ccc(O)cc1. The van der Waals surface area contributed by atoms with Gasteiger partial charge in [0, 0.05) is 0 Å². The van der Waals surface area contributed by atoms with Crippen LogP contribution in [-0.4, -0.2) is 10.2 Å². The van der Waals surface area contributed by atoms with Crippen molar-refractivity contribution in [1.82, 2.24) is 0 Å². The zero-order valence-electron chi connectivity index (χ0n) is 11.4. The van der Waals surface area contributed by atoms with E-state index in [-0.39, 0.29) is 11.5 Å². The van der Waals surface area contributed by atoms with E-state index in [9.17, 15) is 0 Å². The van der Waals surface area contributed by atoms with Crippen molar-refractivity contribution in [2.75, 3.05) is 0 Å². The summed E-state index contributed by atoms with van der Waals surface area (Å²) in [5, 5.41) is 17.3. The van der Waals surface area contributed by atoms with E-state index in [0.717, 1.165) is 5.92 Å². The van der Waals surface area contributed by atoms with Gasteiger partial charge in [-0.3, -0.25) is 0 Å². The maximum absolute atomic E-state index is 8.65. The summed E-state index contributed by atoms with van der Waals surface area (Å²) in [6, 6.07) is 5.70. The van der Waals surface area contributed by atoms with Gasteiger partial charge >= 0.3 is 0 Å². The molecule has 0 heterocycles. The third kappa shape index (κ3) is 6.53. The summed E-state index contributed by atoms with van der Waals surface area (Å²) in [7, 11) is 0. The minimum Gasteiger partial charge on any atom is -0.508 e. The van der Waals surface area contributed by atoms with E-state index >= 15 is 0 Å². The monoisotopic (exact) mass is 250 g/mol. The average Bonchev–Trinajstić information content (AvgIpc) is 2.42. The van der Waals surface area contributed by atoms with Crippen LogP contribution in [0.5, 0.6) is 11.5 Å². The highest BCUT2D eigenvalue weighted by Crippen LogP contribution is 2.27. The molecule has 102 valence electrons. The molecule has 0 radical (unpaired) electrons. The fourth-order valence-electron chi connectivity index (χ4n) is 2.42. The first kappa shape index (κ1) is 14.9. The normalized spacial score (nSPS) is 15.8. The number of hydrogen-bond donors (Lipinski definition) is 2. The average molecular weight is 250 g/mol. The quantitative estimate of drug-likeness (QED) is 0.752. The molecule has 1 aliphatic carbocycles. The molecule has 2 N–H and O–H groups in total. The Morgan fingerprint density at radius 1 is 0.944 bits per heavy atom. The molecule has 1 saturated carbocycles. The van der Waals surface area contributed by atoms with Crippen molar-refractivity contribution in [3.8, 4) is 11.5 Å². The molecule has 0 spiro atoms. The van der Waals surface area contributed by atoms with Crippen molar-refractivity contribution in [1.29, 1.82) is 0 Å². The first-order valence-corrected chi connectivity index (χ1v) is 7.20. The van der Waals surface area contributed by atoms with Crippen LogP contribution in [0.25, 0.3) is 0 Å². The summed E-state index contributed by atoms with van der Waals surface area (Å²) in [6.45, 7) is 2.29. The lowest BCUT2D eigenvalue weighted by molar-refractivity contribution is 0.331. The second kappa shape index (κ2) is 8.84. The van der Waals surface area contributed by atoms with Gasteiger partial charge in [0.15, 0.2) is 0 Å². The molecule has 0 unspecified atom stereocenters. The zero-order chi connectivity index (χ0) is 13.2. The number of phenols is 2. The van der Waals surface area contributed by atoms with Gasteiger partial charge in [0.2, 0.25) is 0 Å². The van der Waals surface area contributed by atoms with E-state index in [1.54, 1.807) is 0 Å². The lowest BCUT2D eigenvalue weighted by atomic mass is 9.86. The summed E-state index contributed by atoms with van der Waals surface area (Å²) >= 11 is 0. The smallest absolute Gasteiger partial charge is 0.115 e. The Balaban J connectivity index is 0.000000184. The van der Waals surface area contributed by atoms with Crippen molar-refractivity contribution in [3.05, 3.63) is 24.3 Å². The maximum atomic E-state index is 8.65. The predicted molar refractivity (Wildman–Crippen MR) is 75.9 cm³/mol. The molecule has 18 heavy (non-hydrogen) atoms. The molecule has 0 amide bonds. The van der Waals surface area contributed by atoms with Crippen molar-refractivity contribution < 1.29 is 10.2 Å². The summed E-state index contributed by atoms with van der Waals surface area (Å²) in [6.07, 6.45) is 11.9. The first-order chi connectivity index (χ1) is 8.72. The van der Waals surface area contributed by atoms with Gasteiger partial charge in [-0.25, -0.2) is 0 Å². The second-order valence-electron chi connectivity index (χ2n) is 5.16.